The molecule has 11 heteroatoms. The second-order valence-electron chi connectivity index (χ2n) is 6.10. The van der Waals surface area contributed by atoms with Crippen molar-refractivity contribution in [1.29, 1.82) is 0 Å². The van der Waals surface area contributed by atoms with Gasteiger partial charge in [0.1, 0.15) is 17.6 Å². The van der Waals surface area contributed by atoms with Crippen LogP contribution in [0.4, 0.5) is 5.82 Å². The molecule has 0 bridgehead atoms. The predicted octanol–water partition coefficient (Wildman–Crippen LogP) is 1.07. The number of oxazole rings is 1. The molecule has 1 amide bonds. The highest BCUT2D eigenvalue weighted by atomic mass is 32.2. The van der Waals surface area contributed by atoms with Crippen molar-refractivity contribution in [1.82, 2.24) is 14.3 Å². The van der Waals surface area contributed by atoms with Gasteiger partial charge in [0, 0.05) is 20.2 Å². The van der Waals surface area contributed by atoms with Gasteiger partial charge in [-0.25, -0.2) is 27.7 Å². The van der Waals surface area contributed by atoms with Crippen LogP contribution in [-0.2, 0) is 15.6 Å². The predicted molar refractivity (Wildman–Crippen MR) is 101 cm³/mol. The monoisotopic (exact) mass is 394 g/mol. The number of nitrogens with one attached hydrogen (secondary N) is 1. The van der Waals surface area contributed by atoms with Crippen molar-refractivity contribution in [3.63, 3.8) is 0 Å². The summed E-state index contributed by atoms with van der Waals surface area (Å²) in [5.74, 6) is -0.239. The number of anilines is 1. The number of amides is 1. The zero-order valence-corrected chi connectivity index (χ0v) is 15.2. The first-order chi connectivity index (χ1) is 12.1. The third kappa shape index (κ3) is 3.92. The number of nitrogens with zero attached hydrogens (tertiary/aromatic N) is 4. The largest absolute Gasteiger partial charge is 0.448 e. The first-order valence-electron chi connectivity index (χ1n) is 7.63. The molecular weight excluding hydrogens is 372 g/mol. The second-order valence-corrected chi connectivity index (χ2v) is 8.10. The first kappa shape index (κ1) is 20.4. The molecule has 1 atom stereocenters. The summed E-state index contributed by atoms with van der Waals surface area (Å²) in [4.78, 5) is 24.5. The Labute approximate surface area is 157 Å². The molecule has 2 aromatic rings. The number of aryl methyl sites for hydroxylation is 1. The first-order valence-corrected chi connectivity index (χ1v) is 9.24. The van der Waals surface area contributed by atoms with E-state index >= 15 is 0 Å². The van der Waals surface area contributed by atoms with Crippen LogP contribution in [0.15, 0.2) is 34.0 Å². The molecule has 3 rings (SSSR count). The number of carbonyl (C=O) groups excluding carboxylic acids is 1. The molecule has 2 aromatic heterocycles. The lowest BCUT2D eigenvalue weighted by molar-refractivity contribution is 0.102. The lowest BCUT2D eigenvalue weighted by Crippen LogP contribution is -2.50. The molecule has 0 spiro atoms. The summed E-state index contributed by atoms with van der Waals surface area (Å²) < 4.78 is 30.5. The van der Waals surface area contributed by atoms with Crippen LogP contribution in [0.1, 0.15) is 36.3 Å². The summed E-state index contributed by atoms with van der Waals surface area (Å²) in [6.07, 6.45) is 2.70. The van der Waals surface area contributed by atoms with Gasteiger partial charge in [0.25, 0.3) is 5.91 Å². The molecule has 1 aliphatic heterocycles. The summed E-state index contributed by atoms with van der Waals surface area (Å²) in [5.41, 5.74) is 5.33. The molecule has 27 heavy (non-hydrogen) atoms. The molecule has 1 aliphatic rings. The number of aromatic nitrogens is 2. The smallest absolute Gasteiger partial charge is 0.278 e. The van der Waals surface area contributed by atoms with E-state index in [0.29, 0.717) is 11.5 Å². The summed E-state index contributed by atoms with van der Waals surface area (Å²) in [7, 11) is -2.24. The fourth-order valence-electron chi connectivity index (χ4n) is 2.58. The van der Waals surface area contributed by atoms with Crippen molar-refractivity contribution in [3.8, 4) is 0 Å². The average molecular weight is 394 g/mol. The average Bonchev–Trinajstić information content (AvgIpc) is 2.99. The number of pyridine rings is 1. The highest BCUT2D eigenvalue weighted by Gasteiger charge is 2.40. The zero-order valence-electron chi connectivity index (χ0n) is 14.4. The minimum absolute atomic E-state index is 0. The van der Waals surface area contributed by atoms with E-state index in [4.69, 9.17) is 10.2 Å². The van der Waals surface area contributed by atoms with Gasteiger partial charge >= 0.3 is 0 Å². The standard InChI is InChI=1S/C15H18N6O4S.CH4/c1-9-18-11(7-25-9)13(22)19-12-6-10(4-5-17-12)15(2)8-26(23,24)21(3)14(16)20-15;/h4-7H,8H2,1-3H3,(H2,16,20)(H,17,19,22);1H4/t15-;/m0./s1. The van der Waals surface area contributed by atoms with E-state index in [1.807, 2.05) is 0 Å². The molecule has 146 valence electrons. The van der Waals surface area contributed by atoms with Crippen LogP contribution in [0.5, 0.6) is 0 Å². The number of guanidine groups is 1. The number of nitrogens with two attached hydrogens (primary N) is 1. The molecular formula is C16H22N6O4S. The fraction of sp³-hybridized carbons (Fsp3) is 0.375. The highest BCUT2D eigenvalue weighted by Crippen LogP contribution is 2.32. The van der Waals surface area contributed by atoms with Crippen LogP contribution in [0.25, 0.3) is 0 Å². The van der Waals surface area contributed by atoms with Gasteiger partial charge < -0.3 is 15.5 Å². The molecule has 10 nitrogen and oxygen atoms in total. The quantitative estimate of drug-likeness (QED) is 0.792. The van der Waals surface area contributed by atoms with E-state index in [1.54, 1.807) is 26.0 Å². The lowest BCUT2D eigenvalue weighted by atomic mass is 9.95. The third-order valence-electron chi connectivity index (χ3n) is 4.04. The molecule has 0 fully saturated rings. The minimum Gasteiger partial charge on any atom is -0.448 e. The maximum absolute atomic E-state index is 12.3. The Morgan fingerprint density at radius 3 is 2.74 bits per heavy atom. The Morgan fingerprint density at radius 2 is 2.15 bits per heavy atom. The second kappa shape index (κ2) is 6.99. The van der Waals surface area contributed by atoms with Crippen molar-refractivity contribution in [2.45, 2.75) is 26.8 Å². The fourth-order valence-corrected chi connectivity index (χ4v) is 4.04. The maximum atomic E-state index is 12.3. The van der Waals surface area contributed by atoms with Crippen LogP contribution in [0, 0.1) is 6.92 Å². The number of carbonyl (C=O) groups is 1. The van der Waals surface area contributed by atoms with Crippen molar-refractivity contribution in [3.05, 3.63) is 41.7 Å². The molecule has 3 N–H and O–H groups in total. The molecule has 0 unspecified atom stereocenters. The summed E-state index contributed by atoms with van der Waals surface area (Å²) in [6, 6.07) is 3.19. The van der Waals surface area contributed by atoms with Gasteiger partial charge in [-0.3, -0.25) is 4.79 Å². The zero-order chi connectivity index (χ0) is 19.1. The number of hydrogen-bond acceptors (Lipinski definition) is 8. The molecule has 0 saturated heterocycles. The Kier molecular flexibility index (Phi) is 5.27. The molecule has 3 heterocycles. The van der Waals surface area contributed by atoms with Crippen molar-refractivity contribution >= 4 is 27.7 Å². The SMILES string of the molecule is C.Cc1nc(C(=O)Nc2cc([C@]3(C)CS(=O)(=O)N(C)C(N)=N3)ccn2)co1. The van der Waals surface area contributed by atoms with Gasteiger partial charge in [-0.1, -0.05) is 7.43 Å². The minimum atomic E-state index is -3.60. The Bertz CT molecular complexity index is 1000. The molecule has 0 aliphatic carbocycles. The van der Waals surface area contributed by atoms with Gasteiger partial charge in [-0.2, -0.15) is 0 Å². The van der Waals surface area contributed by atoms with Crippen LogP contribution in [-0.4, -0.2) is 47.4 Å². The van der Waals surface area contributed by atoms with Crippen molar-refractivity contribution < 1.29 is 17.6 Å². The van der Waals surface area contributed by atoms with E-state index in [-0.39, 0.29) is 30.7 Å². The van der Waals surface area contributed by atoms with Gasteiger partial charge in [0.15, 0.2) is 11.6 Å². The Hall–Kier alpha value is -2.95. The van der Waals surface area contributed by atoms with Gasteiger partial charge in [0.2, 0.25) is 16.0 Å². The summed E-state index contributed by atoms with van der Waals surface area (Å²) in [6.45, 7) is 3.28. The van der Waals surface area contributed by atoms with Gasteiger partial charge in [-0.15, -0.1) is 0 Å². The van der Waals surface area contributed by atoms with E-state index < -0.39 is 21.5 Å². The van der Waals surface area contributed by atoms with E-state index in [9.17, 15) is 13.2 Å². The van der Waals surface area contributed by atoms with Crippen LogP contribution in [0.2, 0.25) is 0 Å². The summed E-state index contributed by atoms with van der Waals surface area (Å²) in [5, 5.41) is 2.60. The summed E-state index contributed by atoms with van der Waals surface area (Å²) >= 11 is 0. The van der Waals surface area contributed by atoms with Gasteiger partial charge in [-0.05, 0) is 24.6 Å². The van der Waals surface area contributed by atoms with Crippen molar-refractivity contribution in [2.24, 2.45) is 10.7 Å². The van der Waals surface area contributed by atoms with Crippen LogP contribution in [0.3, 0.4) is 0 Å². The number of hydrogen-bond donors (Lipinski definition) is 2. The number of rotatable bonds is 3. The maximum Gasteiger partial charge on any atom is 0.278 e. The van der Waals surface area contributed by atoms with E-state index in [0.717, 1.165) is 4.31 Å². The molecule has 0 aromatic carbocycles. The van der Waals surface area contributed by atoms with E-state index in [1.165, 1.54) is 19.5 Å². The highest BCUT2D eigenvalue weighted by molar-refractivity contribution is 7.89. The van der Waals surface area contributed by atoms with Crippen LogP contribution >= 0.6 is 0 Å². The van der Waals surface area contributed by atoms with Crippen LogP contribution < -0.4 is 11.1 Å². The number of aliphatic imine (C=N–C) groups is 1. The number of sulfonamides is 1. The third-order valence-corrected chi connectivity index (χ3v) is 5.99. The Balaban J connectivity index is 0.00000261. The van der Waals surface area contributed by atoms with Gasteiger partial charge in [0.05, 0.1) is 5.75 Å². The molecule has 0 radical (unpaired) electrons. The normalized spacial score (nSPS) is 21.1. The van der Waals surface area contributed by atoms with E-state index in [2.05, 4.69) is 20.3 Å². The lowest BCUT2D eigenvalue weighted by Gasteiger charge is -2.34. The topological polar surface area (TPSA) is 144 Å². The van der Waals surface area contributed by atoms with Crippen molar-refractivity contribution in [2.75, 3.05) is 18.1 Å². The molecule has 0 saturated carbocycles. The Morgan fingerprint density at radius 1 is 1.44 bits per heavy atom.